The molecule has 0 spiro atoms. The molecule has 180 valence electrons. The lowest BCUT2D eigenvalue weighted by Gasteiger charge is -2.36. The summed E-state index contributed by atoms with van der Waals surface area (Å²) in [6, 6.07) is 7.98. The van der Waals surface area contributed by atoms with E-state index in [0.29, 0.717) is 19.3 Å². The minimum atomic E-state index is -3.77. The zero-order valence-corrected chi connectivity index (χ0v) is 18.9. The van der Waals surface area contributed by atoms with E-state index in [-0.39, 0.29) is 29.8 Å². The number of benzene rings is 2. The number of nitrogens with one attached hydrogen (secondary N) is 3. The van der Waals surface area contributed by atoms with E-state index in [4.69, 9.17) is 4.74 Å². The van der Waals surface area contributed by atoms with Gasteiger partial charge in [0.05, 0.1) is 35.4 Å². The van der Waals surface area contributed by atoms with Crippen LogP contribution in [-0.4, -0.2) is 51.0 Å². The minimum Gasteiger partial charge on any atom is -0.394 e. The molecule has 1 aliphatic rings. The lowest BCUT2D eigenvalue weighted by Crippen LogP contribution is -2.51. The predicted octanol–water partition coefficient (Wildman–Crippen LogP) is 2.67. The van der Waals surface area contributed by atoms with Crippen molar-refractivity contribution in [3.63, 3.8) is 0 Å². The summed E-state index contributed by atoms with van der Waals surface area (Å²) in [4.78, 5) is 12.1. The molecule has 1 heterocycles. The van der Waals surface area contributed by atoms with Crippen LogP contribution >= 0.6 is 0 Å². The van der Waals surface area contributed by atoms with Gasteiger partial charge in [0.25, 0.3) is 0 Å². The number of aryl methyl sites for hydroxylation is 1. The highest BCUT2D eigenvalue weighted by molar-refractivity contribution is 7.89. The van der Waals surface area contributed by atoms with Crippen molar-refractivity contribution in [3.05, 3.63) is 59.7 Å². The minimum absolute atomic E-state index is 0.145. The lowest BCUT2D eigenvalue weighted by molar-refractivity contribution is -0.0871. The first-order valence-electron chi connectivity index (χ1n) is 10.5. The summed E-state index contributed by atoms with van der Waals surface area (Å²) in [6.07, 6.45) is 0.306. The standard InChI is InChI=1S/C22H27F2N3O5S/c1-14-3-2-4-17(11-14)33(30,31)27-19-8-6-16(32-21(19)13-28)9-10-25-22(29)26-20-12-15(23)5-7-18(20)24/h2-5,7,11-12,16,19,21,27-28H,6,8-10,13H2,1H3,(H2,25,26,29)/t16-,19-,21+/m0/s1. The van der Waals surface area contributed by atoms with E-state index in [1.54, 1.807) is 25.1 Å². The maximum Gasteiger partial charge on any atom is 0.319 e. The highest BCUT2D eigenvalue weighted by Crippen LogP contribution is 2.23. The van der Waals surface area contributed by atoms with Crippen LogP contribution in [0.15, 0.2) is 47.4 Å². The van der Waals surface area contributed by atoms with Crippen LogP contribution in [-0.2, 0) is 14.8 Å². The van der Waals surface area contributed by atoms with Crippen molar-refractivity contribution in [2.75, 3.05) is 18.5 Å². The summed E-state index contributed by atoms with van der Waals surface area (Å²) >= 11 is 0. The Morgan fingerprint density at radius 2 is 1.97 bits per heavy atom. The monoisotopic (exact) mass is 483 g/mol. The van der Waals surface area contributed by atoms with Gasteiger partial charge in [0, 0.05) is 12.6 Å². The van der Waals surface area contributed by atoms with Crippen molar-refractivity contribution in [2.45, 2.75) is 49.3 Å². The summed E-state index contributed by atoms with van der Waals surface area (Å²) in [6.45, 7) is 1.61. The van der Waals surface area contributed by atoms with Crippen LogP contribution in [0.1, 0.15) is 24.8 Å². The molecule has 33 heavy (non-hydrogen) atoms. The molecule has 3 atom stereocenters. The maximum atomic E-state index is 13.6. The Bertz CT molecular complexity index is 1080. The number of aliphatic hydroxyl groups excluding tert-OH is 1. The molecule has 3 rings (SSSR count). The summed E-state index contributed by atoms with van der Waals surface area (Å²) in [7, 11) is -3.77. The number of carbonyl (C=O) groups excluding carboxylic acids is 1. The zero-order chi connectivity index (χ0) is 24.0. The fraction of sp³-hybridized carbons (Fsp3) is 0.409. The molecule has 2 aromatic rings. The van der Waals surface area contributed by atoms with Gasteiger partial charge in [-0.05, 0) is 56.0 Å². The van der Waals surface area contributed by atoms with Crippen LogP contribution in [0.2, 0.25) is 0 Å². The quantitative estimate of drug-likeness (QED) is 0.461. The van der Waals surface area contributed by atoms with Crippen molar-refractivity contribution in [3.8, 4) is 0 Å². The third-order valence-electron chi connectivity index (χ3n) is 5.33. The van der Waals surface area contributed by atoms with Gasteiger partial charge in [0.1, 0.15) is 11.6 Å². The van der Waals surface area contributed by atoms with Crippen LogP contribution in [0, 0.1) is 18.6 Å². The molecule has 0 aromatic heterocycles. The SMILES string of the molecule is Cc1cccc(S(=O)(=O)N[C@H]2CC[C@@H](CCNC(=O)Nc3cc(F)ccc3F)O[C@@H]2CO)c1. The highest BCUT2D eigenvalue weighted by atomic mass is 32.2. The molecule has 0 saturated carbocycles. The number of hydrogen-bond acceptors (Lipinski definition) is 5. The van der Waals surface area contributed by atoms with Crippen LogP contribution in [0.5, 0.6) is 0 Å². The van der Waals surface area contributed by atoms with Crippen molar-refractivity contribution in [1.82, 2.24) is 10.0 Å². The third-order valence-corrected chi connectivity index (χ3v) is 6.82. The van der Waals surface area contributed by atoms with Gasteiger partial charge in [-0.3, -0.25) is 0 Å². The number of ether oxygens (including phenoxy) is 1. The molecule has 0 unspecified atom stereocenters. The van der Waals surface area contributed by atoms with Gasteiger partial charge in [-0.25, -0.2) is 26.7 Å². The van der Waals surface area contributed by atoms with Crippen LogP contribution in [0.4, 0.5) is 19.3 Å². The van der Waals surface area contributed by atoms with Crippen LogP contribution in [0.3, 0.4) is 0 Å². The average molecular weight is 484 g/mol. The molecule has 4 N–H and O–H groups in total. The first kappa shape index (κ1) is 25.0. The van der Waals surface area contributed by atoms with E-state index >= 15 is 0 Å². The fourth-order valence-electron chi connectivity index (χ4n) is 3.64. The van der Waals surface area contributed by atoms with Crippen molar-refractivity contribution in [1.29, 1.82) is 0 Å². The number of amides is 2. The van der Waals surface area contributed by atoms with Crippen LogP contribution in [0.25, 0.3) is 0 Å². The summed E-state index contributed by atoms with van der Waals surface area (Å²) in [5.41, 5.74) is 0.540. The molecule has 0 radical (unpaired) electrons. The Hall–Kier alpha value is -2.60. The van der Waals surface area contributed by atoms with Gasteiger partial charge in [0.2, 0.25) is 10.0 Å². The zero-order valence-electron chi connectivity index (χ0n) is 18.1. The van der Waals surface area contributed by atoms with E-state index in [1.165, 1.54) is 6.07 Å². The van der Waals surface area contributed by atoms with Gasteiger partial charge in [0.15, 0.2) is 0 Å². The topological polar surface area (TPSA) is 117 Å². The molecule has 1 fully saturated rings. The van der Waals surface area contributed by atoms with E-state index in [0.717, 1.165) is 23.8 Å². The number of carbonyl (C=O) groups is 1. The third kappa shape index (κ3) is 6.94. The predicted molar refractivity (Wildman–Crippen MR) is 118 cm³/mol. The molecule has 2 amide bonds. The van der Waals surface area contributed by atoms with E-state index in [9.17, 15) is 27.1 Å². The van der Waals surface area contributed by atoms with Crippen molar-refractivity contribution < 1.29 is 31.8 Å². The summed E-state index contributed by atoms with van der Waals surface area (Å²) in [5, 5.41) is 14.5. The number of halogens is 2. The molecule has 0 aliphatic carbocycles. The molecule has 1 aliphatic heterocycles. The lowest BCUT2D eigenvalue weighted by atomic mass is 9.98. The summed E-state index contributed by atoms with van der Waals surface area (Å²) < 4.78 is 60.6. The van der Waals surface area contributed by atoms with Gasteiger partial charge < -0.3 is 20.5 Å². The number of sulfonamides is 1. The first-order chi connectivity index (χ1) is 15.7. The second-order valence-corrected chi connectivity index (χ2v) is 9.61. The van der Waals surface area contributed by atoms with Crippen LogP contribution < -0.4 is 15.4 Å². The number of anilines is 1. The van der Waals surface area contributed by atoms with E-state index < -0.39 is 39.8 Å². The number of hydrogen-bond donors (Lipinski definition) is 4. The molecule has 0 bridgehead atoms. The number of rotatable bonds is 8. The highest BCUT2D eigenvalue weighted by Gasteiger charge is 2.33. The Kier molecular flexibility index (Phi) is 8.35. The average Bonchev–Trinajstić information content (AvgIpc) is 2.77. The van der Waals surface area contributed by atoms with E-state index in [1.807, 2.05) is 0 Å². The normalized spacial score (nSPS) is 20.9. The number of urea groups is 1. The summed E-state index contributed by atoms with van der Waals surface area (Å²) in [5.74, 6) is -1.43. The molecule has 2 aromatic carbocycles. The Labute approximate surface area is 191 Å². The van der Waals surface area contributed by atoms with Crippen molar-refractivity contribution in [2.24, 2.45) is 0 Å². The Balaban J connectivity index is 1.48. The van der Waals surface area contributed by atoms with Gasteiger partial charge in [-0.1, -0.05) is 12.1 Å². The second kappa shape index (κ2) is 11.0. The molecular formula is C22H27F2N3O5S. The Morgan fingerprint density at radius 1 is 1.18 bits per heavy atom. The molecular weight excluding hydrogens is 456 g/mol. The molecule has 8 nitrogen and oxygen atoms in total. The van der Waals surface area contributed by atoms with Gasteiger partial charge in [-0.2, -0.15) is 0 Å². The second-order valence-electron chi connectivity index (χ2n) is 7.89. The Morgan fingerprint density at radius 3 is 2.70 bits per heavy atom. The first-order valence-corrected chi connectivity index (χ1v) is 12.0. The largest absolute Gasteiger partial charge is 0.394 e. The molecule has 11 heteroatoms. The van der Waals surface area contributed by atoms with Crippen molar-refractivity contribution >= 4 is 21.7 Å². The smallest absolute Gasteiger partial charge is 0.319 e. The van der Waals surface area contributed by atoms with Gasteiger partial charge >= 0.3 is 6.03 Å². The van der Waals surface area contributed by atoms with Gasteiger partial charge in [-0.15, -0.1) is 0 Å². The molecule has 1 saturated heterocycles. The fourth-order valence-corrected chi connectivity index (χ4v) is 5.04. The maximum absolute atomic E-state index is 13.6. The number of aliphatic hydroxyl groups is 1. The van der Waals surface area contributed by atoms with E-state index in [2.05, 4.69) is 15.4 Å².